The van der Waals surface area contributed by atoms with Crippen LogP contribution in [0.25, 0.3) is 10.8 Å². The number of alkyl halides is 3. The van der Waals surface area contributed by atoms with E-state index in [1.165, 1.54) is 31.2 Å². The lowest BCUT2D eigenvalue weighted by Crippen LogP contribution is -2.19. The van der Waals surface area contributed by atoms with E-state index >= 15 is 0 Å². The van der Waals surface area contributed by atoms with E-state index in [1.54, 1.807) is 18.2 Å². The predicted molar refractivity (Wildman–Crippen MR) is 96.7 cm³/mol. The molecule has 0 aromatic heterocycles. The van der Waals surface area contributed by atoms with Crippen molar-refractivity contribution in [1.82, 2.24) is 5.43 Å². The van der Waals surface area contributed by atoms with E-state index in [4.69, 9.17) is 0 Å². The van der Waals surface area contributed by atoms with Crippen molar-refractivity contribution in [1.29, 1.82) is 0 Å². The highest BCUT2D eigenvalue weighted by Gasteiger charge is 2.30. The summed E-state index contributed by atoms with van der Waals surface area (Å²) in [5.74, 6) is -0.872. The molecule has 1 amide bonds. The molecule has 3 aromatic rings. The summed E-state index contributed by atoms with van der Waals surface area (Å²) < 4.78 is 38.4. The number of aromatic hydroxyl groups is 1. The van der Waals surface area contributed by atoms with Gasteiger partial charge in [0.15, 0.2) is 0 Å². The molecule has 7 heteroatoms. The van der Waals surface area contributed by atoms with Crippen molar-refractivity contribution in [2.75, 3.05) is 0 Å². The van der Waals surface area contributed by atoms with Crippen molar-refractivity contribution in [2.45, 2.75) is 13.1 Å². The van der Waals surface area contributed by atoms with E-state index in [1.807, 2.05) is 6.07 Å². The van der Waals surface area contributed by atoms with E-state index in [0.29, 0.717) is 0 Å². The van der Waals surface area contributed by atoms with Gasteiger partial charge in [-0.2, -0.15) is 18.3 Å². The van der Waals surface area contributed by atoms with Crippen LogP contribution in [0, 0.1) is 0 Å². The molecule has 4 nitrogen and oxygen atoms in total. The fourth-order valence-electron chi connectivity index (χ4n) is 2.59. The molecule has 0 spiro atoms. The minimum Gasteiger partial charge on any atom is -0.507 e. The zero-order valence-electron chi connectivity index (χ0n) is 14.2. The second-order valence-electron chi connectivity index (χ2n) is 5.93. The minimum absolute atomic E-state index is 0.0225. The summed E-state index contributed by atoms with van der Waals surface area (Å²) in [5.41, 5.74) is 1.93. The molecule has 0 heterocycles. The lowest BCUT2D eigenvalue weighted by atomic mass is 10.1. The maximum Gasteiger partial charge on any atom is 0.416 e. The van der Waals surface area contributed by atoms with E-state index in [2.05, 4.69) is 10.5 Å². The Morgan fingerprint density at radius 1 is 1.00 bits per heavy atom. The second kappa shape index (κ2) is 7.11. The molecular weight excluding hydrogens is 357 g/mol. The van der Waals surface area contributed by atoms with E-state index in [0.717, 1.165) is 22.9 Å². The SMILES string of the molecule is C/C(=N\NC(=O)c1cc2ccccc2cc1O)c1cccc(C(F)(F)F)c1. The van der Waals surface area contributed by atoms with E-state index in [9.17, 15) is 23.1 Å². The average molecular weight is 372 g/mol. The van der Waals surface area contributed by atoms with Gasteiger partial charge in [-0.05, 0) is 47.5 Å². The van der Waals surface area contributed by atoms with Gasteiger partial charge in [-0.15, -0.1) is 0 Å². The maximum atomic E-state index is 12.8. The Morgan fingerprint density at radius 3 is 2.33 bits per heavy atom. The summed E-state index contributed by atoms with van der Waals surface area (Å²) in [4.78, 5) is 12.3. The van der Waals surface area contributed by atoms with Gasteiger partial charge in [-0.25, -0.2) is 5.43 Å². The minimum atomic E-state index is -4.46. The fourth-order valence-corrected chi connectivity index (χ4v) is 2.59. The van der Waals surface area contributed by atoms with Crippen LogP contribution >= 0.6 is 0 Å². The van der Waals surface area contributed by atoms with Gasteiger partial charge in [-0.1, -0.05) is 36.4 Å². The molecule has 0 bridgehead atoms. The number of carbonyl (C=O) groups excluding carboxylic acids is 1. The van der Waals surface area contributed by atoms with Gasteiger partial charge in [0.1, 0.15) is 5.75 Å². The van der Waals surface area contributed by atoms with Crippen molar-refractivity contribution in [2.24, 2.45) is 5.10 Å². The summed E-state index contributed by atoms with van der Waals surface area (Å²) in [6, 6.07) is 14.8. The molecule has 0 unspecified atom stereocenters. The summed E-state index contributed by atoms with van der Waals surface area (Å²) in [7, 11) is 0. The molecule has 2 N–H and O–H groups in total. The standard InChI is InChI=1S/C20H15F3N2O2/c1-12(13-7-4-8-16(9-13)20(21,22)23)24-25-19(27)17-10-14-5-2-3-6-15(14)11-18(17)26/h2-11,26H,1H3,(H,25,27)/b24-12+. The van der Waals surface area contributed by atoms with Crippen LogP contribution < -0.4 is 5.43 Å². The first-order valence-corrected chi connectivity index (χ1v) is 8.00. The number of hydrazone groups is 1. The second-order valence-corrected chi connectivity index (χ2v) is 5.93. The largest absolute Gasteiger partial charge is 0.507 e. The maximum absolute atomic E-state index is 12.8. The monoisotopic (exact) mass is 372 g/mol. The lowest BCUT2D eigenvalue weighted by Gasteiger charge is -2.09. The molecule has 0 aliphatic heterocycles. The third kappa shape index (κ3) is 4.08. The molecule has 0 radical (unpaired) electrons. The Morgan fingerprint density at radius 2 is 1.67 bits per heavy atom. The van der Waals surface area contributed by atoms with Crippen molar-refractivity contribution in [3.05, 3.63) is 77.4 Å². The van der Waals surface area contributed by atoms with Gasteiger partial charge < -0.3 is 5.11 Å². The van der Waals surface area contributed by atoms with Gasteiger partial charge in [0.25, 0.3) is 5.91 Å². The van der Waals surface area contributed by atoms with Crippen LogP contribution in [0.15, 0.2) is 65.8 Å². The topological polar surface area (TPSA) is 61.7 Å². The van der Waals surface area contributed by atoms with Gasteiger partial charge >= 0.3 is 6.18 Å². The van der Waals surface area contributed by atoms with Crippen LogP contribution in [0.4, 0.5) is 13.2 Å². The van der Waals surface area contributed by atoms with E-state index in [-0.39, 0.29) is 22.6 Å². The number of rotatable bonds is 3. The Hall–Kier alpha value is -3.35. The first-order valence-electron chi connectivity index (χ1n) is 8.00. The summed E-state index contributed by atoms with van der Waals surface area (Å²) in [6.07, 6.45) is -4.46. The Kier molecular flexibility index (Phi) is 4.85. The lowest BCUT2D eigenvalue weighted by molar-refractivity contribution is -0.137. The van der Waals surface area contributed by atoms with E-state index < -0.39 is 17.6 Å². The molecule has 0 saturated heterocycles. The molecule has 0 atom stereocenters. The number of amides is 1. The zero-order chi connectivity index (χ0) is 19.6. The Balaban J connectivity index is 1.83. The van der Waals surface area contributed by atoms with Crippen molar-refractivity contribution >= 4 is 22.4 Å². The molecular formula is C20H15F3N2O2. The number of fused-ring (bicyclic) bond motifs is 1. The first kappa shape index (κ1) is 18.4. The number of nitrogens with one attached hydrogen (secondary N) is 1. The molecule has 27 heavy (non-hydrogen) atoms. The molecule has 3 aromatic carbocycles. The van der Waals surface area contributed by atoms with Gasteiger partial charge in [0.2, 0.25) is 0 Å². The number of hydrogen-bond acceptors (Lipinski definition) is 3. The number of phenolic OH excluding ortho intramolecular Hbond substituents is 1. The van der Waals surface area contributed by atoms with Crippen LogP contribution in [0.2, 0.25) is 0 Å². The molecule has 0 fully saturated rings. The molecule has 0 aliphatic rings. The van der Waals surface area contributed by atoms with Gasteiger partial charge in [0, 0.05) is 0 Å². The Bertz CT molecular complexity index is 1040. The van der Waals surface area contributed by atoms with Crippen LogP contribution in [-0.2, 0) is 6.18 Å². The van der Waals surface area contributed by atoms with Crippen LogP contribution in [0.1, 0.15) is 28.4 Å². The first-order chi connectivity index (χ1) is 12.8. The highest BCUT2D eigenvalue weighted by Crippen LogP contribution is 2.29. The van der Waals surface area contributed by atoms with Gasteiger partial charge in [0.05, 0.1) is 16.8 Å². The highest BCUT2D eigenvalue weighted by molar-refractivity contribution is 6.03. The third-order valence-electron chi connectivity index (χ3n) is 4.04. The number of benzene rings is 3. The summed E-state index contributed by atoms with van der Waals surface area (Å²) in [6.45, 7) is 1.48. The quantitative estimate of drug-likeness (QED) is 0.516. The van der Waals surface area contributed by atoms with Crippen LogP contribution in [0.3, 0.4) is 0 Å². The van der Waals surface area contributed by atoms with Crippen molar-refractivity contribution < 1.29 is 23.1 Å². The molecule has 0 aliphatic carbocycles. The Labute approximate surface area is 152 Å². The zero-order valence-corrected chi connectivity index (χ0v) is 14.2. The number of nitrogens with zero attached hydrogens (tertiary/aromatic N) is 1. The number of halogens is 3. The normalized spacial score (nSPS) is 12.2. The van der Waals surface area contributed by atoms with Gasteiger partial charge in [-0.3, -0.25) is 4.79 Å². The molecule has 3 rings (SSSR count). The highest BCUT2D eigenvalue weighted by atomic mass is 19.4. The summed E-state index contributed by atoms with van der Waals surface area (Å²) >= 11 is 0. The number of hydrogen-bond donors (Lipinski definition) is 2. The third-order valence-corrected chi connectivity index (χ3v) is 4.04. The number of phenols is 1. The number of carbonyl (C=O) groups is 1. The van der Waals surface area contributed by atoms with Crippen molar-refractivity contribution in [3.63, 3.8) is 0 Å². The average Bonchev–Trinajstić information content (AvgIpc) is 2.64. The predicted octanol–water partition coefficient (Wildman–Crippen LogP) is 4.72. The van der Waals surface area contributed by atoms with Crippen LogP contribution in [-0.4, -0.2) is 16.7 Å². The smallest absolute Gasteiger partial charge is 0.416 e. The van der Waals surface area contributed by atoms with Crippen LogP contribution in [0.5, 0.6) is 5.75 Å². The summed E-state index contributed by atoms with van der Waals surface area (Å²) in [5, 5.41) is 15.4. The fraction of sp³-hybridized carbons (Fsp3) is 0.100. The molecule has 0 saturated carbocycles. The molecule has 138 valence electrons. The van der Waals surface area contributed by atoms with Crippen molar-refractivity contribution in [3.8, 4) is 5.75 Å².